The summed E-state index contributed by atoms with van der Waals surface area (Å²) in [6, 6.07) is 5.19. The second-order valence-electron chi connectivity index (χ2n) is 7.17. The molecule has 1 saturated carbocycles. The maximum Gasteiger partial charge on any atom is 0.0438 e. The van der Waals surface area contributed by atoms with Crippen molar-refractivity contribution in [3.63, 3.8) is 0 Å². The molecule has 1 N–H and O–H groups in total. The number of hydrogen-bond acceptors (Lipinski definition) is 1. The summed E-state index contributed by atoms with van der Waals surface area (Å²) in [5.41, 5.74) is 4.38. The van der Waals surface area contributed by atoms with Gasteiger partial charge in [0.05, 0.1) is 0 Å². The first-order valence-corrected chi connectivity index (χ1v) is 8.24. The highest BCUT2D eigenvalue weighted by Gasteiger charge is 2.23. The molecule has 2 heteroatoms. The van der Waals surface area contributed by atoms with Gasteiger partial charge < -0.3 is 5.32 Å². The summed E-state index contributed by atoms with van der Waals surface area (Å²) in [5, 5.41) is 4.51. The number of rotatable bonds is 7. The molecule has 20 heavy (non-hydrogen) atoms. The average molecular weight is 294 g/mol. The lowest BCUT2D eigenvalue weighted by Crippen LogP contribution is -2.24. The van der Waals surface area contributed by atoms with Crippen LogP contribution in [0.3, 0.4) is 0 Å². The van der Waals surface area contributed by atoms with Gasteiger partial charge in [0.15, 0.2) is 0 Å². The van der Waals surface area contributed by atoms with Crippen LogP contribution in [0, 0.1) is 19.3 Å². The molecule has 0 spiro atoms. The Balaban J connectivity index is 1.84. The molecule has 0 saturated heterocycles. The molecule has 0 aliphatic heterocycles. The minimum atomic E-state index is 0.405. The van der Waals surface area contributed by atoms with Gasteiger partial charge in [-0.2, -0.15) is 0 Å². The molecular formula is C18H28ClN. The Labute approximate surface area is 129 Å². The molecule has 0 radical (unpaired) electrons. The van der Waals surface area contributed by atoms with Gasteiger partial charge in [0.25, 0.3) is 0 Å². The van der Waals surface area contributed by atoms with Crippen LogP contribution in [0.2, 0.25) is 5.02 Å². The summed E-state index contributed by atoms with van der Waals surface area (Å²) in [6.07, 6.45) is 6.41. The SMILES string of the molecule is Cc1cc(CCC(C)(C)CCNC2CC2)c(C)cc1Cl. The molecule has 0 heterocycles. The lowest BCUT2D eigenvalue weighted by atomic mass is 9.82. The Morgan fingerprint density at radius 2 is 1.85 bits per heavy atom. The highest BCUT2D eigenvalue weighted by atomic mass is 35.5. The van der Waals surface area contributed by atoms with E-state index in [1.54, 1.807) is 0 Å². The van der Waals surface area contributed by atoms with Gasteiger partial charge in [-0.3, -0.25) is 0 Å². The zero-order valence-electron chi connectivity index (χ0n) is 13.4. The van der Waals surface area contributed by atoms with E-state index in [2.05, 4.69) is 45.1 Å². The quantitative estimate of drug-likeness (QED) is 0.741. The fraction of sp³-hybridized carbons (Fsp3) is 0.667. The average Bonchev–Trinajstić information content (AvgIpc) is 3.16. The van der Waals surface area contributed by atoms with E-state index >= 15 is 0 Å². The molecule has 1 aliphatic rings. The third kappa shape index (κ3) is 4.79. The Bertz CT molecular complexity index is 461. The van der Waals surface area contributed by atoms with Crippen LogP contribution >= 0.6 is 11.6 Å². The standard InChI is InChI=1S/C18H28ClN/c1-13-12-17(19)14(2)11-15(13)7-8-18(3,4)9-10-20-16-5-6-16/h11-12,16,20H,5-10H2,1-4H3. The van der Waals surface area contributed by atoms with Crippen molar-refractivity contribution in [3.05, 3.63) is 33.8 Å². The van der Waals surface area contributed by atoms with Gasteiger partial charge in [0.2, 0.25) is 0 Å². The van der Waals surface area contributed by atoms with E-state index in [1.807, 2.05) is 0 Å². The molecule has 0 atom stereocenters. The Morgan fingerprint density at radius 1 is 1.15 bits per heavy atom. The molecule has 1 fully saturated rings. The fourth-order valence-electron chi connectivity index (χ4n) is 2.61. The second kappa shape index (κ2) is 6.49. The molecule has 1 aromatic carbocycles. The van der Waals surface area contributed by atoms with Crippen molar-refractivity contribution in [1.29, 1.82) is 0 Å². The highest BCUT2D eigenvalue weighted by Crippen LogP contribution is 2.29. The smallest absolute Gasteiger partial charge is 0.0438 e. The molecule has 112 valence electrons. The van der Waals surface area contributed by atoms with E-state index in [4.69, 9.17) is 11.6 Å². The topological polar surface area (TPSA) is 12.0 Å². The van der Waals surface area contributed by atoms with Gasteiger partial charge in [-0.25, -0.2) is 0 Å². The largest absolute Gasteiger partial charge is 0.314 e. The van der Waals surface area contributed by atoms with Crippen molar-refractivity contribution in [2.24, 2.45) is 5.41 Å². The summed E-state index contributed by atoms with van der Waals surface area (Å²) in [4.78, 5) is 0. The van der Waals surface area contributed by atoms with Crippen LogP contribution in [0.15, 0.2) is 12.1 Å². The van der Waals surface area contributed by atoms with Crippen molar-refractivity contribution < 1.29 is 0 Å². The van der Waals surface area contributed by atoms with Crippen LogP contribution in [0.4, 0.5) is 0 Å². The second-order valence-corrected chi connectivity index (χ2v) is 7.58. The zero-order valence-corrected chi connectivity index (χ0v) is 14.1. The monoisotopic (exact) mass is 293 g/mol. The first-order valence-electron chi connectivity index (χ1n) is 7.86. The van der Waals surface area contributed by atoms with Gasteiger partial charge in [-0.15, -0.1) is 0 Å². The summed E-state index contributed by atoms with van der Waals surface area (Å²) in [5.74, 6) is 0. The molecule has 1 nitrogen and oxygen atoms in total. The van der Waals surface area contributed by atoms with Gasteiger partial charge >= 0.3 is 0 Å². The van der Waals surface area contributed by atoms with Crippen LogP contribution in [0.1, 0.15) is 56.2 Å². The lowest BCUT2D eigenvalue weighted by molar-refractivity contribution is 0.301. The molecule has 0 unspecified atom stereocenters. The normalized spacial score (nSPS) is 15.7. The molecule has 0 bridgehead atoms. The predicted octanol–water partition coefficient (Wildman–Crippen LogP) is 5.06. The number of benzene rings is 1. The third-order valence-corrected chi connectivity index (χ3v) is 4.91. The van der Waals surface area contributed by atoms with Crippen molar-refractivity contribution in [3.8, 4) is 0 Å². The van der Waals surface area contributed by atoms with Gasteiger partial charge in [-0.05, 0) is 80.7 Å². The molecule has 1 aliphatic carbocycles. The van der Waals surface area contributed by atoms with Crippen LogP contribution in [-0.2, 0) is 6.42 Å². The Morgan fingerprint density at radius 3 is 2.50 bits per heavy atom. The predicted molar refractivity (Wildman–Crippen MR) is 88.7 cm³/mol. The van der Waals surface area contributed by atoms with E-state index in [-0.39, 0.29) is 0 Å². The minimum Gasteiger partial charge on any atom is -0.314 e. The summed E-state index contributed by atoms with van der Waals surface area (Å²) in [7, 11) is 0. The van der Waals surface area contributed by atoms with Crippen molar-refractivity contribution in [2.45, 2.75) is 65.8 Å². The Kier molecular flexibility index (Phi) is 5.14. The lowest BCUT2D eigenvalue weighted by Gasteiger charge is -2.25. The maximum absolute atomic E-state index is 6.17. The molecule has 0 aromatic heterocycles. The maximum atomic E-state index is 6.17. The molecular weight excluding hydrogens is 266 g/mol. The van der Waals surface area contributed by atoms with Gasteiger partial charge in [-0.1, -0.05) is 31.5 Å². The first kappa shape index (κ1) is 15.9. The molecule has 2 rings (SSSR count). The summed E-state index contributed by atoms with van der Waals surface area (Å²) >= 11 is 6.17. The fourth-order valence-corrected chi connectivity index (χ4v) is 2.83. The number of aryl methyl sites for hydroxylation is 3. The zero-order chi connectivity index (χ0) is 14.8. The van der Waals surface area contributed by atoms with Crippen LogP contribution < -0.4 is 5.32 Å². The highest BCUT2D eigenvalue weighted by molar-refractivity contribution is 6.31. The van der Waals surface area contributed by atoms with E-state index in [0.717, 1.165) is 24.0 Å². The van der Waals surface area contributed by atoms with E-state index in [1.165, 1.54) is 42.4 Å². The van der Waals surface area contributed by atoms with E-state index in [9.17, 15) is 0 Å². The van der Waals surface area contributed by atoms with E-state index in [0.29, 0.717) is 5.41 Å². The number of hydrogen-bond donors (Lipinski definition) is 1. The van der Waals surface area contributed by atoms with Crippen LogP contribution in [-0.4, -0.2) is 12.6 Å². The minimum absolute atomic E-state index is 0.405. The first-order chi connectivity index (χ1) is 9.37. The third-order valence-electron chi connectivity index (χ3n) is 4.50. The van der Waals surface area contributed by atoms with Gasteiger partial charge in [0, 0.05) is 11.1 Å². The van der Waals surface area contributed by atoms with Crippen molar-refractivity contribution in [2.75, 3.05) is 6.54 Å². The molecule has 0 amide bonds. The number of nitrogens with one attached hydrogen (secondary N) is 1. The Hall–Kier alpha value is -0.530. The summed E-state index contributed by atoms with van der Waals surface area (Å²) < 4.78 is 0. The van der Waals surface area contributed by atoms with Gasteiger partial charge in [0.1, 0.15) is 0 Å². The van der Waals surface area contributed by atoms with Crippen molar-refractivity contribution >= 4 is 11.6 Å². The van der Waals surface area contributed by atoms with Crippen LogP contribution in [0.25, 0.3) is 0 Å². The summed E-state index contributed by atoms with van der Waals surface area (Å²) in [6.45, 7) is 10.2. The number of halogens is 1. The van der Waals surface area contributed by atoms with Crippen LogP contribution in [0.5, 0.6) is 0 Å². The van der Waals surface area contributed by atoms with E-state index < -0.39 is 0 Å². The molecule has 1 aromatic rings. The van der Waals surface area contributed by atoms with Crippen molar-refractivity contribution in [1.82, 2.24) is 5.32 Å².